The largest absolute Gasteiger partial charge is 0.325 e. The molecule has 160 valence electrons. The van der Waals surface area contributed by atoms with E-state index in [4.69, 9.17) is 11.6 Å². The molecule has 10 heteroatoms. The van der Waals surface area contributed by atoms with Crippen LogP contribution in [-0.4, -0.2) is 36.6 Å². The fourth-order valence-corrected chi connectivity index (χ4v) is 5.27. The smallest absolute Gasteiger partial charge is 0.271 e. The number of sulfonamides is 1. The molecule has 2 aromatic rings. The number of non-ortho nitro benzene ring substituents is 1. The molecule has 1 N–H and O–H groups in total. The van der Waals surface area contributed by atoms with Crippen LogP contribution in [0, 0.1) is 23.0 Å². The number of nitrogens with zero attached hydrogens (tertiary/aromatic N) is 2. The van der Waals surface area contributed by atoms with Gasteiger partial charge in [-0.2, -0.15) is 0 Å². The number of anilines is 1. The Balaban J connectivity index is 1.61. The van der Waals surface area contributed by atoms with Crippen molar-refractivity contribution in [2.24, 2.45) is 5.92 Å². The number of benzene rings is 2. The molecule has 30 heavy (non-hydrogen) atoms. The van der Waals surface area contributed by atoms with E-state index < -0.39 is 14.9 Å². The maximum absolute atomic E-state index is 12.7. The highest BCUT2D eigenvalue weighted by Gasteiger charge is 2.31. The van der Waals surface area contributed by atoms with Crippen molar-refractivity contribution in [3.05, 3.63) is 68.7 Å². The Morgan fingerprint density at radius 3 is 2.53 bits per heavy atom. The van der Waals surface area contributed by atoms with Gasteiger partial charge in [-0.3, -0.25) is 14.9 Å². The summed E-state index contributed by atoms with van der Waals surface area (Å²) in [6, 6.07) is 11.1. The average Bonchev–Trinajstić information content (AvgIpc) is 2.71. The monoisotopic (exact) mass is 451 g/mol. The number of carbonyl (C=O) groups is 1. The summed E-state index contributed by atoms with van der Waals surface area (Å²) in [5.41, 5.74) is 1.55. The highest BCUT2D eigenvalue weighted by molar-refractivity contribution is 7.88. The van der Waals surface area contributed by atoms with Crippen molar-refractivity contribution < 1.29 is 18.1 Å². The summed E-state index contributed by atoms with van der Waals surface area (Å²) < 4.78 is 26.8. The Morgan fingerprint density at radius 2 is 1.90 bits per heavy atom. The van der Waals surface area contributed by atoms with Gasteiger partial charge in [0, 0.05) is 36.2 Å². The van der Waals surface area contributed by atoms with Crippen molar-refractivity contribution in [1.29, 1.82) is 0 Å². The number of piperidine rings is 1. The first-order valence-electron chi connectivity index (χ1n) is 9.44. The van der Waals surface area contributed by atoms with Gasteiger partial charge in [0.15, 0.2) is 0 Å². The predicted octanol–water partition coefficient (Wildman–Crippen LogP) is 3.74. The predicted molar refractivity (Wildman–Crippen MR) is 115 cm³/mol. The van der Waals surface area contributed by atoms with Gasteiger partial charge in [0.2, 0.25) is 15.9 Å². The van der Waals surface area contributed by atoms with E-state index in [1.807, 2.05) is 0 Å². The number of halogens is 1. The number of aryl methyl sites for hydroxylation is 1. The maximum atomic E-state index is 12.7. The zero-order chi connectivity index (χ0) is 21.9. The third kappa shape index (κ3) is 5.16. The number of nitrogens with one attached hydrogen (secondary N) is 1. The van der Waals surface area contributed by atoms with E-state index in [2.05, 4.69) is 5.32 Å². The third-order valence-corrected chi connectivity index (χ3v) is 7.40. The van der Waals surface area contributed by atoms with Crippen LogP contribution in [0.2, 0.25) is 5.02 Å². The van der Waals surface area contributed by atoms with Gasteiger partial charge >= 0.3 is 0 Å². The fourth-order valence-electron chi connectivity index (χ4n) is 3.39. The Kier molecular flexibility index (Phi) is 6.74. The highest BCUT2D eigenvalue weighted by atomic mass is 35.5. The van der Waals surface area contributed by atoms with Crippen LogP contribution in [0.1, 0.15) is 24.0 Å². The standard InChI is InChI=1S/C20H22ClN3O5S/c1-14-6-7-17(24(26)27)12-19(14)22-20(25)15-8-10-23(11-9-15)30(28,29)13-16-4-2-3-5-18(16)21/h2-7,12,15H,8-11,13H2,1H3,(H,22,25). The van der Waals surface area contributed by atoms with Crippen LogP contribution in [0.4, 0.5) is 11.4 Å². The summed E-state index contributed by atoms with van der Waals surface area (Å²) in [6.07, 6.45) is 0.753. The zero-order valence-corrected chi connectivity index (χ0v) is 17.9. The quantitative estimate of drug-likeness (QED) is 0.531. The SMILES string of the molecule is Cc1ccc([N+](=O)[O-])cc1NC(=O)C1CCN(S(=O)(=O)Cc2ccccc2Cl)CC1. The van der Waals surface area contributed by atoms with E-state index in [0.29, 0.717) is 34.7 Å². The molecule has 1 fully saturated rings. The number of nitro benzene ring substituents is 1. The van der Waals surface area contributed by atoms with Crippen molar-refractivity contribution in [2.75, 3.05) is 18.4 Å². The lowest BCUT2D eigenvalue weighted by Crippen LogP contribution is -2.42. The summed E-state index contributed by atoms with van der Waals surface area (Å²) in [5, 5.41) is 14.1. The van der Waals surface area contributed by atoms with E-state index in [1.165, 1.54) is 16.4 Å². The van der Waals surface area contributed by atoms with E-state index in [1.54, 1.807) is 37.3 Å². The number of nitro groups is 1. The molecule has 1 saturated heterocycles. The van der Waals surface area contributed by atoms with Gasteiger partial charge in [0.25, 0.3) is 5.69 Å². The van der Waals surface area contributed by atoms with E-state index >= 15 is 0 Å². The maximum Gasteiger partial charge on any atom is 0.271 e. The first kappa shape index (κ1) is 22.2. The lowest BCUT2D eigenvalue weighted by molar-refractivity contribution is -0.384. The number of rotatable bonds is 6. The van der Waals surface area contributed by atoms with E-state index in [-0.39, 0.29) is 36.4 Å². The van der Waals surface area contributed by atoms with Crippen LogP contribution >= 0.6 is 11.6 Å². The molecule has 0 aliphatic carbocycles. The second kappa shape index (κ2) is 9.11. The van der Waals surface area contributed by atoms with E-state index in [0.717, 1.165) is 0 Å². The lowest BCUT2D eigenvalue weighted by atomic mass is 9.97. The van der Waals surface area contributed by atoms with Crippen molar-refractivity contribution in [2.45, 2.75) is 25.5 Å². The van der Waals surface area contributed by atoms with Gasteiger partial charge in [-0.05, 0) is 37.0 Å². The molecule has 0 radical (unpaired) electrons. The minimum atomic E-state index is -3.55. The molecule has 8 nitrogen and oxygen atoms in total. The van der Waals surface area contributed by atoms with Crippen LogP contribution in [0.5, 0.6) is 0 Å². The van der Waals surface area contributed by atoms with Crippen LogP contribution in [0.15, 0.2) is 42.5 Å². The van der Waals surface area contributed by atoms with Crippen molar-refractivity contribution >= 4 is 38.9 Å². The summed E-state index contributed by atoms with van der Waals surface area (Å²) in [5.74, 6) is -0.812. The van der Waals surface area contributed by atoms with Gasteiger partial charge in [-0.1, -0.05) is 35.9 Å². The fraction of sp³-hybridized carbons (Fsp3) is 0.350. The molecule has 1 heterocycles. The molecular formula is C20H22ClN3O5S. The molecule has 0 bridgehead atoms. The molecule has 0 atom stereocenters. The minimum Gasteiger partial charge on any atom is -0.325 e. The summed E-state index contributed by atoms with van der Waals surface area (Å²) in [4.78, 5) is 23.1. The third-order valence-electron chi connectivity index (χ3n) is 5.20. The van der Waals surface area contributed by atoms with Gasteiger partial charge < -0.3 is 5.32 Å². The first-order valence-corrected chi connectivity index (χ1v) is 11.4. The summed E-state index contributed by atoms with van der Waals surface area (Å²) >= 11 is 6.08. The number of hydrogen-bond donors (Lipinski definition) is 1. The Bertz CT molecular complexity index is 1070. The molecule has 0 aromatic heterocycles. The van der Waals surface area contributed by atoms with Gasteiger partial charge in [0.05, 0.1) is 16.4 Å². The van der Waals surface area contributed by atoms with Gasteiger partial charge in [0.1, 0.15) is 0 Å². The molecular weight excluding hydrogens is 430 g/mol. The van der Waals surface area contributed by atoms with Crippen molar-refractivity contribution in [3.63, 3.8) is 0 Å². The lowest BCUT2D eigenvalue weighted by Gasteiger charge is -2.30. The molecule has 0 unspecified atom stereocenters. The summed E-state index contributed by atoms with van der Waals surface area (Å²) in [7, 11) is -3.55. The topological polar surface area (TPSA) is 110 Å². The van der Waals surface area contributed by atoms with Crippen LogP contribution in [-0.2, 0) is 20.6 Å². The number of carbonyl (C=O) groups excluding carboxylic acids is 1. The van der Waals surface area contributed by atoms with Crippen molar-refractivity contribution in [3.8, 4) is 0 Å². The van der Waals surface area contributed by atoms with Gasteiger partial charge in [-0.25, -0.2) is 12.7 Å². The number of amides is 1. The molecule has 2 aromatic carbocycles. The minimum absolute atomic E-state index is 0.101. The van der Waals surface area contributed by atoms with Crippen LogP contribution < -0.4 is 5.32 Å². The first-order chi connectivity index (χ1) is 14.2. The second-order valence-electron chi connectivity index (χ2n) is 7.27. The van der Waals surface area contributed by atoms with E-state index in [9.17, 15) is 23.3 Å². The Labute approximate surface area is 180 Å². The van der Waals surface area contributed by atoms with Crippen LogP contribution in [0.3, 0.4) is 0 Å². The van der Waals surface area contributed by atoms with Crippen molar-refractivity contribution in [1.82, 2.24) is 4.31 Å². The summed E-state index contributed by atoms with van der Waals surface area (Å²) in [6.45, 7) is 2.22. The Hall–Kier alpha value is -2.49. The van der Waals surface area contributed by atoms with Gasteiger partial charge in [-0.15, -0.1) is 0 Å². The molecule has 1 amide bonds. The molecule has 1 aliphatic heterocycles. The molecule has 0 saturated carbocycles. The second-order valence-corrected chi connectivity index (χ2v) is 9.64. The highest BCUT2D eigenvalue weighted by Crippen LogP contribution is 2.27. The molecule has 3 rings (SSSR count). The molecule has 1 aliphatic rings. The number of hydrogen-bond acceptors (Lipinski definition) is 5. The zero-order valence-electron chi connectivity index (χ0n) is 16.4. The molecule has 0 spiro atoms. The van der Waals surface area contributed by atoms with Crippen LogP contribution in [0.25, 0.3) is 0 Å². The Morgan fingerprint density at radius 1 is 1.23 bits per heavy atom. The average molecular weight is 452 g/mol. The normalized spacial score (nSPS) is 15.7.